The summed E-state index contributed by atoms with van der Waals surface area (Å²) >= 11 is 3.41. The summed E-state index contributed by atoms with van der Waals surface area (Å²) in [6, 6.07) is 26.0. The van der Waals surface area contributed by atoms with Crippen molar-refractivity contribution in [1.82, 2.24) is 0 Å². The maximum Gasteiger partial charge on any atom is 0.379 e. The molecule has 0 amide bonds. The summed E-state index contributed by atoms with van der Waals surface area (Å²) in [5.74, 6) is -0.318. The molecule has 0 bridgehead atoms. The first kappa shape index (κ1) is 27.1. The smallest absolute Gasteiger partial charge is 0.379 e. The zero-order valence-corrected chi connectivity index (χ0v) is 23.8. The van der Waals surface area contributed by atoms with E-state index in [4.69, 9.17) is 24.4 Å². The van der Waals surface area contributed by atoms with Gasteiger partial charge in [0.25, 0.3) is 0 Å². The molecule has 4 aromatic carbocycles. The Labute approximate surface area is 248 Å². The summed E-state index contributed by atoms with van der Waals surface area (Å²) in [5.41, 5.74) is 9.89. The second-order valence-corrected chi connectivity index (χ2v) is 10.6. The number of furan rings is 1. The molecule has 1 unspecified atom stereocenters. The standard InChI is InChI=1S/C33H22BrFN2O5/c1-18-25-11-7-21(34)14-28(25)41-31(18)33(38)40-24-10-12-26-29(15-24)42-32(37)27(16-36)30(26)20-3-2-4-23(13-20)39-17-19-5-8-22(35)9-6-19/h2-15,30H,17,37H2,1H3. The zero-order valence-electron chi connectivity index (χ0n) is 22.2. The molecule has 0 saturated heterocycles. The number of ether oxygens (including phenoxy) is 3. The molecule has 1 aromatic heterocycles. The van der Waals surface area contributed by atoms with Gasteiger partial charge in [-0.15, -0.1) is 0 Å². The molecule has 2 N–H and O–H groups in total. The van der Waals surface area contributed by atoms with Crippen molar-refractivity contribution in [2.75, 3.05) is 0 Å². The molecule has 2 heterocycles. The van der Waals surface area contributed by atoms with Gasteiger partial charge in [-0.3, -0.25) is 0 Å². The summed E-state index contributed by atoms with van der Waals surface area (Å²) < 4.78 is 37.2. The average molecular weight is 625 g/mol. The van der Waals surface area contributed by atoms with Crippen LogP contribution in [0, 0.1) is 24.1 Å². The number of fused-ring (bicyclic) bond motifs is 2. The fourth-order valence-electron chi connectivity index (χ4n) is 4.92. The fraction of sp³-hybridized carbons (Fsp3) is 0.0909. The lowest BCUT2D eigenvalue weighted by atomic mass is 9.83. The van der Waals surface area contributed by atoms with E-state index in [1.165, 1.54) is 12.1 Å². The van der Waals surface area contributed by atoms with Gasteiger partial charge in [-0.25, -0.2) is 9.18 Å². The first-order valence-electron chi connectivity index (χ1n) is 12.9. The summed E-state index contributed by atoms with van der Waals surface area (Å²) in [7, 11) is 0. The lowest BCUT2D eigenvalue weighted by Crippen LogP contribution is -2.21. The number of nitrogens with two attached hydrogens (primary N) is 1. The number of carbonyl (C=O) groups excluding carboxylic acids is 1. The van der Waals surface area contributed by atoms with Crippen LogP contribution in [-0.4, -0.2) is 5.97 Å². The highest BCUT2D eigenvalue weighted by atomic mass is 79.9. The van der Waals surface area contributed by atoms with E-state index in [0.717, 1.165) is 21.0 Å². The molecule has 208 valence electrons. The fourth-order valence-corrected chi connectivity index (χ4v) is 5.26. The van der Waals surface area contributed by atoms with E-state index in [1.54, 1.807) is 49.4 Å². The highest BCUT2D eigenvalue weighted by Crippen LogP contribution is 2.44. The number of allylic oxidation sites excluding steroid dienone is 1. The minimum atomic E-state index is -0.653. The van der Waals surface area contributed by atoms with Crippen LogP contribution in [0.5, 0.6) is 17.2 Å². The Hall–Kier alpha value is -5.07. The van der Waals surface area contributed by atoms with Gasteiger partial charge in [0.05, 0.1) is 5.92 Å². The van der Waals surface area contributed by atoms with Crippen LogP contribution in [0.15, 0.2) is 105 Å². The molecular weight excluding hydrogens is 603 g/mol. The monoisotopic (exact) mass is 624 g/mol. The van der Waals surface area contributed by atoms with Crippen molar-refractivity contribution in [3.63, 3.8) is 0 Å². The van der Waals surface area contributed by atoms with Gasteiger partial charge in [0, 0.05) is 27.1 Å². The molecule has 42 heavy (non-hydrogen) atoms. The highest BCUT2D eigenvalue weighted by Gasteiger charge is 2.31. The largest absolute Gasteiger partial charge is 0.489 e. The van der Waals surface area contributed by atoms with Crippen molar-refractivity contribution < 1.29 is 27.8 Å². The van der Waals surface area contributed by atoms with Crippen LogP contribution in [0.4, 0.5) is 4.39 Å². The van der Waals surface area contributed by atoms with Gasteiger partial charge in [-0.05, 0) is 66.6 Å². The normalized spacial score (nSPS) is 14.2. The Balaban J connectivity index is 1.27. The SMILES string of the molecule is Cc1c(C(=O)Oc2ccc3c(c2)OC(N)=C(C#N)C3c2cccc(OCc3ccc(F)cc3)c2)oc2cc(Br)ccc12. The lowest BCUT2D eigenvalue weighted by Gasteiger charge is -2.27. The number of aryl methyl sites for hydroxylation is 1. The van der Waals surface area contributed by atoms with Gasteiger partial charge in [0.2, 0.25) is 11.6 Å². The number of nitriles is 1. The second-order valence-electron chi connectivity index (χ2n) is 9.70. The predicted molar refractivity (Wildman–Crippen MR) is 157 cm³/mol. The number of nitrogens with zero attached hydrogens (tertiary/aromatic N) is 1. The van der Waals surface area contributed by atoms with Crippen LogP contribution in [0.1, 0.15) is 38.7 Å². The van der Waals surface area contributed by atoms with Gasteiger partial charge in [0.1, 0.15) is 46.9 Å². The van der Waals surface area contributed by atoms with Crippen molar-refractivity contribution in [3.8, 4) is 23.3 Å². The maximum atomic E-state index is 13.2. The van der Waals surface area contributed by atoms with E-state index in [1.807, 2.05) is 30.3 Å². The molecule has 0 fully saturated rings. The van der Waals surface area contributed by atoms with Gasteiger partial charge >= 0.3 is 5.97 Å². The van der Waals surface area contributed by atoms with Crippen molar-refractivity contribution in [2.45, 2.75) is 19.4 Å². The van der Waals surface area contributed by atoms with E-state index in [9.17, 15) is 14.4 Å². The van der Waals surface area contributed by atoms with Crippen molar-refractivity contribution >= 4 is 32.9 Å². The van der Waals surface area contributed by atoms with Crippen LogP contribution < -0.4 is 19.9 Å². The first-order valence-corrected chi connectivity index (χ1v) is 13.7. The van der Waals surface area contributed by atoms with Crippen molar-refractivity contribution in [3.05, 3.63) is 135 Å². The Morgan fingerprint density at radius 1 is 1.05 bits per heavy atom. The predicted octanol–water partition coefficient (Wildman–Crippen LogP) is 7.66. The number of rotatable bonds is 6. The summed E-state index contributed by atoms with van der Waals surface area (Å²) in [6.45, 7) is 2.04. The molecule has 5 aromatic rings. The van der Waals surface area contributed by atoms with Gasteiger partial charge in [0.15, 0.2) is 0 Å². The number of hydrogen-bond acceptors (Lipinski definition) is 7. The average Bonchev–Trinajstić information content (AvgIpc) is 3.31. The molecular formula is C33H22BrFN2O5. The summed E-state index contributed by atoms with van der Waals surface area (Å²) in [6.07, 6.45) is 0. The lowest BCUT2D eigenvalue weighted by molar-refractivity contribution is 0.0702. The number of halogens is 2. The number of carbonyl (C=O) groups is 1. The molecule has 0 radical (unpaired) electrons. The first-order chi connectivity index (χ1) is 20.3. The Kier molecular flexibility index (Phi) is 7.15. The molecule has 1 atom stereocenters. The molecule has 0 spiro atoms. The molecule has 6 rings (SSSR count). The Morgan fingerprint density at radius 3 is 2.64 bits per heavy atom. The van der Waals surface area contributed by atoms with E-state index in [2.05, 4.69) is 22.0 Å². The minimum absolute atomic E-state index is 0.0465. The van der Waals surface area contributed by atoms with Crippen LogP contribution in [0.3, 0.4) is 0 Å². The molecule has 7 nitrogen and oxygen atoms in total. The van der Waals surface area contributed by atoms with Crippen LogP contribution in [0.25, 0.3) is 11.0 Å². The molecule has 0 aliphatic carbocycles. The number of hydrogen-bond donors (Lipinski definition) is 1. The van der Waals surface area contributed by atoms with E-state index < -0.39 is 11.9 Å². The highest BCUT2D eigenvalue weighted by molar-refractivity contribution is 9.10. The molecule has 1 aliphatic heterocycles. The topological polar surface area (TPSA) is 108 Å². The Morgan fingerprint density at radius 2 is 1.86 bits per heavy atom. The van der Waals surface area contributed by atoms with E-state index in [0.29, 0.717) is 28.2 Å². The maximum absolute atomic E-state index is 13.2. The molecule has 9 heteroatoms. The van der Waals surface area contributed by atoms with E-state index in [-0.39, 0.29) is 35.4 Å². The summed E-state index contributed by atoms with van der Waals surface area (Å²) in [4.78, 5) is 13.0. The van der Waals surface area contributed by atoms with Crippen molar-refractivity contribution in [1.29, 1.82) is 5.26 Å². The molecule has 0 saturated carbocycles. The number of benzene rings is 4. The molecule has 1 aliphatic rings. The Bertz CT molecular complexity index is 1920. The van der Waals surface area contributed by atoms with Crippen LogP contribution in [-0.2, 0) is 6.61 Å². The third-order valence-electron chi connectivity index (χ3n) is 7.00. The third kappa shape index (κ3) is 5.20. The van der Waals surface area contributed by atoms with Gasteiger partial charge in [-0.1, -0.05) is 46.3 Å². The zero-order chi connectivity index (χ0) is 29.4. The van der Waals surface area contributed by atoms with Gasteiger partial charge < -0.3 is 24.4 Å². The van der Waals surface area contributed by atoms with Crippen LogP contribution in [0.2, 0.25) is 0 Å². The summed E-state index contributed by atoms with van der Waals surface area (Å²) in [5, 5.41) is 10.8. The van der Waals surface area contributed by atoms with Gasteiger partial charge in [-0.2, -0.15) is 5.26 Å². The number of esters is 1. The van der Waals surface area contributed by atoms with E-state index >= 15 is 0 Å². The quantitative estimate of drug-likeness (QED) is 0.153. The minimum Gasteiger partial charge on any atom is -0.489 e. The van der Waals surface area contributed by atoms with Crippen LogP contribution >= 0.6 is 15.9 Å². The second kappa shape index (κ2) is 11.1. The third-order valence-corrected chi connectivity index (χ3v) is 7.49. The van der Waals surface area contributed by atoms with Crippen molar-refractivity contribution in [2.24, 2.45) is 5.73 Å².